The smallest absolute Gasteiger partial charge is 0.257 e. The Hall–Kier alpha value is -3.11. The van der Waals surface area contributed by atoms with Crippen molar-refractivity contribution >= 4 is 33.2 Å². The molecule has 2 aliphatic rings. The molecule has 9 nitrogen and oxygen atoms in total. The lowest BCUT2D eigenvalue weighted by Crippen LogP contribution is -2.53. The highest BCUT2D eigenvalue weighted by Crippen LogP contribution is 2.32. The molecule has 2 aromatic rings. The summed E-state index contributed by atoms with van der Waals surface area (Å²) in [7, 11) is -1.76. The van der Waals surface area contributed by atoms with E-state index in [1.807, 2.05) is 30.3 Å². The highest BCUT2D eigenvalue weighted by Gasteiger charge is 2.39. The molecule has 0 bridgehead atoms. The summed E-state index contributed by atoms with van der Waals surface area (Å²) in [4.78, 5) is 27.3. The number of sulfonamides is 1. The van der Waals surface area contributed by atoms with Gasteiger partial charge in [-0.3, -0.25) is 14.3 Å². The number of para-hydroxylation sites is 1. The first-order chi connectivity index (χ1) is 16.3. The van der Waals surface area contributed by atoms with E-state index in [9.17, 15) is 18.0 Å². The minimum Gasteiger partial charge on any atom is -0.490 e. The molecule has 2 aromatic carbocycles. The largest absolute Gasteiger partial charge is 0.490 e. The second-order valence-corrected chi connectivity index (χ2v) is 10.5. The number of carbonyl (C=O) groups excluding carboxylic acids is 2. The Labute approximate surface area is 199 Å². The molecule has 0 radical (unpaired) electrons. The summed E-state index contributed by atoms with van der Waals surface area (Å²) >= 11 is 0. The van der Waals surface area contributed by atoms with E-state index in [0.29, 0.717) is 29.8 Å². The van der Waals surface area contributed by atoms with Crippen molar-refractivity contribution < 1.29 is 27.5 Å². The van der Waals surface area contributed by atoms with Crippen molar-refractivity contribution in [1.29, 1.82) is 0 Å². The third-order valence-corrected chi connectivity index (χ3v) is 7.44. The quantitative estimate of drug-likeness (QED) is 0.648. The molecule has 0 unspecified atom stereocenters. The first kappa shape index (κ1) is 24.0. The van der Waals surface area contributed by atoms with Gasteiger partial charge in [0.05, 0.1) is 29.9 Å². The third kappa shape index (κ3) is 5.51. The molecule has 2 aliphatic heterocycles. The second-order valence-electron chi connectivity index (χ2n) is 8.50. The summed E-state index contributed by atoms with van der Waals surface area (Å²) in [5.74, 6) is -0.105. The highest BCUT2D eigenvalue weighted by atomic mass is 32.2. The SMILES string of the molecule is CCS(=O)(=O)Nc1ccc2c(c1)C(=O)N(C)[C@@H]1CC[C@@H](CC(=O)Nc3ccccc3)O[C@H]1CO2. The van der Waals surface area contributed by atoms with Gasteiger partial charge >= 0.3 is 0 Å². The second kappa shape index (κ2) is 10.0. The van der Waals surface area contributed by atoms with Gasteiger partial charge in [0.1, 0.15) is 18.5 Å². The van der Waals surface area contributed by atoms with E-state index in [2.05, 4.69) is 10.0 Å². The fourth-order valence-electron chi connectivity index (χ4n) is 4.28. The summed E-state index contributed by atoms with van der Waals surface area (Å²) in [6, 6.07) is 13.7. The van der Waals surface area contributed by atoms with Crippen molar-refractivity contribution in [2.45, 2.75) is 44.4 Å². The summed E-state index contributed by atoms with van der Waals surface area (Å²) in [6.45, 7) is 1.76. The fraction of sp³-hybridized carbons (Fsp3) is 0.417. The molecule has 0 saturated carbocycles. The number of benzene rings is 2. The molecule has 0 aromatic heterocycles. The van der Waals surface area contributed by atoms with E-state index >= 15 is 0 Å². The maximum Gasteiger partial charge on any atom is 0.257 e. The van der Waals surface area contributed by atoms with E-state index < -0.39 is 10.0 Å². The lowest BCUT2D eigenvalue weighted by Gasteiger charge is -2.42. The van der Waals surface area contributed by atoms with Gasteiger partial charge in [0.25, 0.3) is 5.91 Å². The molecule has 2 N–H and O–H groups in total. The Morgan fingerprint density at radius 1 is 1.12 bits per heavy atom. The molecule has 10 heteroatoms. The van der Waals surface area contributed by atoms with E-state index in [4.69, 9.17) is 9.47 Å². The van der Waals surface area contributed by atoms with E-state index in [1.54, 1.807) is 31.0 Å². The van der Waals surface area contributed by atoms with Gasteiger partial charge in [-0.1, -0.05) is 18.2 Å². The number of amides is 2. The van der Waals surface area contributed by atoms with Crippen molar-refractivity contribution in [3.05, 3.63) is 54.1 Å². The van der Waals surface area contributed by atoms with Crippen LogP contribution in [0.15, 0.2) is 48.5 Å². The lowest BCUT2D eigenvalue weighted by molar-refractivity contribution is -0.130. The van der Waals surface area contributed by atoms with Gasteiger partial charge in [-0.2, -0.15) is 0 Å². The average Bonchev–Trinajstić information content (AvgIpc) is 2.82. The van der Waals surface area contributed by atoms with Crippen LogP contribution in [-0.2, 0) is 19.6 Å². The van der Waals surface area contributed by atoms with Crippen LogP contribution in [0.3, 0.4) is 0 Å². The van der Waals surface area contributed by atoms with Gasteiger partial charge in [0.15, 0.2) is 0 Å². The van der Waals surface area contributed by atoms with Gasteiger partial charge in [0, 0.05) is 18.4 Å². The summed E-state index contributed by atoms with van der Waals surface area (Å²) in [5.41, 5.74) is 1.34. The number of nitrogens with zero attached hydrogens (tertiary/aromatic N) is 1. The summed E-state index contributed by atoms with van der Waals surface area (Å²) in [5, 5.41) is 2.87. The van der Waals surface area contributed by atoms with Crippen molar-refractivity contribution in [3.8, 4) is 5.75 Å². The zero-order valence-electron chi connectivity index (χ0n) is 19.2. The van der Waals surface area contributed by atoms with Crippen LogP contribution >= 0.6 is 0 Å². The highest BCUT2D eigenvalue weighted by molar-refractivity contribution is 7.92. The van der Waals surface area contributed by atoms with Crippen LogP contribution in [0.1, 0.15) is 36.5 Å². The van der Waals surface area contributed by atoms with Crippen molar-refractivity contribution in [2.75, 3.05) is 29.4 Å². The lowest BCUT2D eigenvalue weighted by atomic mass is 9.94. The van der Waals surface area contributed by atoms with Crippen molar-refractivity contribution in [1.82, 2.24) is 4.90 Å². The number of hydrogen-bond acceptors (Lipinski definition) is 6. The minimum absolute atomic E-state index is 0.0694. The van der Waals surface area contributed by atoms with Crippen LogP contribution in [0.25, 0.3) is 0 Å². The Balaban J connectivity index is 1.45. The Bertz CT molecular complexity index is 1150. The molecule has 2 heterocycles. The fourth-order valence-corrected chi connectivity index (χ4v) is 4.91. The average molecular weight is 488 g/mol. The predicted molar refractivity (Wildman–Crippen MR) is 128 cm³/mol. The van der Waals surface area contributed by atoms with Gasteiger partial charge < -0.3 is 19.7 Å². The molecular formula is C24H29N3O6S. The monoisotopic (exact) mass is 487 g/mol. The van der Waals surface area contributed by atoms with Crippen LogP contribution in [0.2, 0.25) is 0 Å². The van der Waals surface area contributed by atoms with Gasteiger partial charge in [-0.15, -0.1) is 0 Å². The molecule has 182 valence electrons. The summed E-state index contributed by atoms with van der Waals surface area (Å²) < 4.78 is 38.4. The first-order valence-electron chi connectivity index (χ1n) is 11.3. The topological polar surface area (TPSA) is 114 Å². The molecule has 1 saturated heterocycles. The normalized spacial score (nSPS) is 22.5. The van der Waals surface area contributed by atoms with E-state index in [0.717, 1.165) is 5.69 Å². The zero-order valence-corrected chi connectivity index (χ0v) is 20.0. The third-order valence-electron chi connectivity index (χ3n) is 6.14. The van der Waals surface area contributed by atoms with Crippen molar-refractivity contribution in [3.63, 3.8) is 0 Å². The molecule has 2 amide bonds. The number of anilines is 2. The number of hydrogen-bond donors (Lipinski definition) is 2. The molecule has 4 rings (SSSR count). The number of nitrogens with one attached hydrogen (secondary N) is 2. The molecule has 1 fully saturated rings. The standard InChI is InChI=1S/C24H29N3O6S/c1-3-34(30,31)26-17-9-12-21-19(13-17)24(29)27(2)20-11-10-18(33-22(20)15-32-21)14-23(28)25-16-7-5-4-6-8-16/h4-9,12-13,18,20,22,26H,3,10-11,14-15H2,1-2H3,(H,25,28)/t18-,20+,22-/m0/s1. The number of rotatable bonds is 6. The van der Waals surface area contributed by atoms with Crippen LogP contribution in [0.5, 0.6) is 5.75 Å². The number of carbonyl (C=O) groups is 2. The Morgan fingerprint density at radius 3 is 2.62 bits per heavy atom. The number of likely N-dealkylation sites (N-methyl/N-ethyl adjacent to an activating group) is 1. The summed E-state index contributed by atoms with van der Waals surface area (Å²) in [6.07, 6.45) is 0.847. The minimum atomic E-state index is -3.47. The predicted octanol–water partition coefficient (Wildman–Crippen LogP) is 2.86. The molecule has 34 heavy (non-hydrogen) atoms. The number of fused-ring (bicyclic) bond motifs is 2. The van der Waals surface area contributed by atoms with Crippen LogP contribution in [-0.4, -0.2) is 62.8 Å². The van der Waals surface area contributed by atoms with Crippen molar-refractivity contribution in [2.24, 2.45) is 0 Å². The first-order valence-corrected chi connectivity index (χ1v) is 13.0. The molecule has 0 aliphatic carbocycles. The Morgan fingerprint density at radius 2 is 1.88 bits per heavy atom. The zero-order chi connectivity index (χ0) is 24.3. The van der Waals surface area contributed by atoms with Crippen LogP contribution < -0.4 is 14.8 Å². The molecule has 0 spiro atoms. The van der Waals surface area contributed by atoms with Gasteiger partial charge in [-0.25, -0.2) is 8.42 Å². The Kier molecular flexibility index (Phi) is 7.08. The van der Waals surface area contributed by atoms with Gasteiger partial charge in [-0.05, 0) is 50.1 Å². The molecular weight excluding hydrogens is 458 g/mol. The maximum absolute atomic E-state index is 13.2. The van der Waals surface area contributed by atoms with E-state index in [1.165, 1.54) is 6.07 Å². The van der Waals surface area contributed by atoms with Crippen LogP contribution in [0, 0.1) is 0 Å². The van der Waals surface area contributed by atoms with Gasteiger partial charge in [0.2, 0.25) is 15.9 Å². The van der Waals surface area contributed by atoms with Crippen LogP contribution in [0.4, 0.5) is 11.4 Å². The molecule has 3 atom stereocenters. The number of ether oxygens (including phenoxy) is 2. The van der Waals surface area contributed by atoms with E-state index in [-0.39, 0.29) is 48.8 Å². The maximum atomic E-state index is 13.2.